The molecule has 5 nitrogen and oxygen atoms in total. The molecular formula is C10H13N5. The second-order valence-electron chi connectivity index (χ2n) is 3.54. The zero-order chi connectivity index (χ0) is 10.7. The van der Waals surface area contributed by atoms with Gasteiger partial charge in [0.1, 0.15) is 0 Å². The maximum absolute atomic E-state index is 4.22. The Labute approximate surface area is 88.1 Å². The standard InChI is InChI=1S/C10H13N5/c1-8(2)15-7-9(6-12-15)13-10-4-3-5-11-14-10/h3-8H,1-2H3,(H,13,14). The maximum Gasteiger partial charge on any atom is 0.153 e. The predicted octanol–water partition coefficient (Wildman–Crippen LogP) is 2.00. The van der Waals surface area contributed by atoms with E-state index in [1.807, 2.05) is 23.0 Å². The molecule has 0 aromatic carbocycles. The van der Waals surface area contributed by atoms with Crippen molar-refractivity contribution in [2.45, 2.75) is 19.9 Å². The fraction of sp³-hybridized carbons (Fsp3) is 0.300. The van der Waals surface area contributed by atoms with Gasteiger partial charge in [-0.1, -0.05) is 0 Å². The van der Waals surface area contributed by atoms with E-state index in [9.17, 15) is 0 Å². The van der Waals surface area contributed by atoms with Crippen molar-refractivity contribution < 1.29 is 0 Å². The average molecular weight is 203 g/mol. The minimum atomic E-state index is 0.363. The molecule has 0 unspecified atom stereocenters. The second kappa shape index (κ2) is 4.08. The summed E-state index contributed by atoms with van der Waals surface area (Å²) in [5.74, 6) is 0.723. The molecule has 0 spiro atoms. The number of rotatable bonds is 3. The van der Waals surface area contributed by atoms with Gasteiger partial charge in [0.15, 0.2) is 5.82 Å². The van der Waals surface area contributed by atoms with Crippen molar-refractivity contribution in [1.82, 2.24) is 20.0 Å². The summed E-state index contributed by atoms with van der Waals surface area (Å²) in [7, 11) is 0. The first-order valence-corrected chi connectivity index (χ1v) is 4.84. The van der Waals surface area contributed by atoms with Crippen molar-refractivity contribution >= 4 is 11.5 Å². The highest BCUT2D eigenvalue weighted by Crippen LogP contribution is 2.14. The molecular weight excluding hydrogens is 190 g/mol. The van der Waals surface area contributed by atoms with Crippen LogP contribution in [-0.2, 0) is 0 Å². The van der Waals surface area contributed by atoms with Crippen molar-refractivity contribution in [3.05, 3.63) is 30.7 Å². The molecule has 0 saturated heterocycles. The van der Waals surface area contributed by atoms with E-state index in [0.717, 1.165) is 11.5 Å². The Balaban J connectivity index is 2.12. The second-order valence-corrected chi connectivity index (χ2v) is 3.54. The van der Waals surface area contributed by atoms with Crippen LogP contribution in [0, 0.1) is 0 Å². The molecule has 0 bridgehead atoms. The Hall–Kier alpha value is -1.91. The molecule has 0 aliphatic rings. The highest BCUT2D eigenvalue weighted by molar-refractivity contribution is 5.52. The highest BCUT2D eigenvalue weighted by atomic mass is 15.3. The van der Waals surface area contributed by atoms with Gasteiger partial charge in [0.2, 0.25) is 0 Å². The number of hydrogen-bond acceptors (Lipinski definition) is 4. The summed E-state index contributed by atoms with van der Waals surface area (Å²) in [5.41, 5.74) is 0.921. The lowest BCUT2D eigenvalue weighted by Gasteiger charge is -2.03. The number of anilines is 2. The molecule has 1 N–H and O–H groups in total. The molecule has 0 amide bonds. The van der Waals surface area contributed by atoms with Gasteiger partial charge >= 0.3 is 0 Å². The van der Waals surface area contributed by atoms with Crippen LogP contribution in [0.25, 0.3) is 0 Å². The molecule has 78 valence electrons. The third-order valence-corrected chi connectivity index (χ3v) is 1.98. The summed E-state index contributed by atoms with van der Waals surface area (Å²) in [6, 6.07) is 4.06. The van der Waals surface area contributed by atoms with Gasteiger partial charge in [-0.15, -0.1) is 5.10 Å². The number of aromatic nitrogens is 4. The quantitative estimate of drug-likeness (QED) is 0.828. The molecule has 0 fully saturated rings. The highest BCUT2D eigenvalue weighted by Gasteiger charge is 2.01. The van der Waals surface area contributed by atoms with Crippen molar-refractivity contribution in [3.63, 3.8) is 0 Å². The van der Waals surface area contributed by atoms with E-state index in [0.29, 0.717) is 6.04 Å². The zero-order valence-corrected chi connectivity index (χ0v) is 8.75. The molecule has 15 heavy (non-hydrogen) atoms. The van der Waals surface area contributed by atoms with Gasteiger partial charge in [-0.05, 0) is 26.0 Å². The van der Waals surface area contributed by atoms with E-state index in [1.54, 1.807) is 12.4 Å². The fourth-order valence-electron chi connectivity index (χ4n) is 1.20. The van der Waals surface area contributed by atoms with Crippen LogP contribution >= 0.6 is 0 Å². The van der Waals surface area contributed by atoms with Crippen LogP contribution in [0.2, 0.25) is 0 Å². The first-order valence-electron chi connectivity index (χ1n) is 4.84. The Morgan fingerprint density at radius 2 is 2.27 bits per heavy atom. The molecule has 2 heterocycles. The fourth-order valence-corrected chi connectivity index (χ4v) is 1.20. The molecule has 0 atom stereocenters. The topological polar surface area (TPSA) is 55.6 Å². The van der Waals surface area contributed by atoms with Gasteiger partial charge in [-0.25, -0.2) is 0 Å². The first-order chi connectivity index (χ1) is 7.25. The van der Waals surface area contributed by atoms with E-state index in [4.69, 9.17) is 0 Å². The lowest BCUT2D eigenvalue weighted by molar-refractivity contribution is 0.532. The summed E-state index contributed by atoms with van der Waals surface area (Å²) in [4.78, 5) is 0. The third-order valence-electron chi connectivity index (χ3n) is 1.98. The van der Waals surface area contributed by atoms with Gasteiger partial charge in [0.05, 0.1) is 11.9 Å². The van der Waals surface area contributed by atoms with Crippen molar-refractivity contribution in [3.8, 4) is 0 Å². The van der Waals surface area contributed by atoms with E-state index in [2.05, 4.69) is 34.5 Å². The van der Waals surface area contributed by atoms with E-state index in [1.165, 1.54) is 0 Å². The van der Waals surface area contributed by atoms with E-state index in [-0.39, 0.29) is 0 Å². The van der Waals surface area contributed by atoms with E-state index >= 15 is 0 Å². The van der Waals surface area contributed by atoms with Crippen LogP contribution in [0.5, 0.6) is 0 Å². The first kappa shape index (κ1) is 9.64. The molecule has 0 aliphatic heterocycles. The third kappa shape index (κ3) is 2.31. The summed E-state index contributed by atoms with van der Waals surface area (Å²) >= 11 is 0. The molecule has 0 radical (unpaired) electrons. The SMILES string of the molecule is CC(C)n1cc(Nc2cccnn2)cn1. The van der Waals surface area contributed by atoms with Crippen LogP contribution in [-0.4, -0.2) is 20.0 Å². The molecule has 2 rings (SSSR count). The van der Waals surface area contributed by atoms with Gasteiger partial charge in [-0.2, -0.15) is 10.2 Å². The molecule has 0 aliphatic carbocycles. The predicted molar refractivity (Wildman–Crippen MR) is 57.9 cm³/mol. The van der Waals surface area contributed by atoms with E-state index < -0.39 is 0 Å². The van der Waals surface area contributed by atoms with Crippen molar-refractivity contribution in [1.29, 1.82) is 0 Å². The monoisotopic (exact) mass is 203 g/mol. The lowest BCUT2D eigenvalue weighted by atomic mass is 10.4. The van der Waals surface area contributed by atoms with Crippen LogP contribution in [0.4, 0.5) is 11.5 Å². The Morgan fingerprint density at radius 1 is 1.40 bits per heavy atom. The lowest BCUT2D eigenvalue weighted by Crippen LogP contribution is -2.00. The Kier molecular flexibility index (Phi) is 2.62. The van der Waals surface area contributed by atoms with Crippen molar-refractivity contribution in [2.75, 3.05) is 5.32 Å². The van der Waals surface area contributed by atoms with Gasteiger partial charge in [0, 0.05) is 18.4 Å². The average Bonchev–Trinajstić information content (AvgIpc) is 2.68. The summed E-state index contributed by atoms with van der Waals surface area (Å²) in [5, 5.41) is 15.1. The molecule has 0 saturated carbocycles. The van der Waals surface area contributed by atoms with Crippen LogP contribution in [0.3, 0.4) is 0 Å². The number of nitrogens with zero attached hydrogens (tertiary/aromatic N) is 4. The largest absolute Gasteiger partial charge is 0.336 e. The Bertz CT molecular complexity index is 420. The van der Waals surface area contributed by atoms with Crippen LogP contribution < -0.4 is 5.32 Å². The molecule has 2 aromatic heterocycles. The summed E-state index contributed by atoms with van der Waals surface area (Å²) in [6.07, 6.45) is 5.36. The van der Waals surface area contributed by atoms with Crippen LogP contribution in [0.1, 0.15) is 19.9 Å². The van der Waals surface area contributed by atoms with Gasteiger partial charge < -0.3 is 5.32 Å². The van der Waals surface area contributed by atoms with Crippen LogP contribution in [0.15, 0.2) is 30.7 Å². The molecule has 2 aromatic rings. The summed E-state index contributed by atoms with van der Waals surface area (Å²) < 4.78 is 1.89. The summed E-state index contributed by atoms with van der Waals surface area (Å²) in [6.45, 7) is 4.16. The zero-order valence-electron chi connectivity index (χ0n) is 8.75. The maximum atomic E-state index is 4.22. The minimum Gasteiger partial charge on any atom is -0.336 e. The smallest absolute Gasteiger partial charge is 0.153 e. The Morgan fingerprint density at radius 3 is 2.87 bits per heavy atom. The minimum absolute atomic E-state index is 0.363. The van der Waals surface area contributed by atoms with Crippen molar-refractivity contribution in [2.24, 2.45) is 0 Å². The van der Waals surface area contributed by atoms with Gasteiger partial charge in [-0.3, -0.25) is 4.68 Å². The number of nitrogens with one attached hydrogen (secondary N) is 1. The van der Waals surface area contributed by atoms with Gasteiger partial charge in [0.25, 0.3) is 0 Å². The number of hydrogen-bond donors (Lipinski definition) is 1. The normalized spacial score (nSPS) is 10.6. The molecule has 5 heteroatoms.